The highest BCUT2D eigenvalue weighted by Gasteiger charge is 2.29. The molecule has 0 radical (unpaired) electrons. The van der Waals surface area contributed by atoms with Gasteiger partial charge in [-0.1, -0.05) is 0 Å². The van der Waals surface area contributed by atoms with Crippen molar-refractivity contribution in [2.75, 3.05) is 17.2 Å². The lowest BCUT2D eigenvalue weighted by Gasteiger charge is -2.27. The van der Waals surface area contributed by atoms with Crippen LogP contribution in [0, 0.1) is 6.92 Å². The largest absolute Gasteiger partial charge is 0.494 e. The van der Waals surface area contributed by atoms with E-state index in [1.54, 1.807) is 30.5 Å². The fourth-order valence-electron chi connectivity index (χ4n) is 2.43. The molecule has 0 aliphatic heterocycles. The van der Waals surface area contributed by atoms with Crippen LogP contribution in [0.25, 0.3) is 0 Å². The van der Waals surface area contributed by atoms with Gasteiger partial charge < -0.3 is 4.74 Å². The van der Waals surface area contributed by atoms with E-state index in [9.17, 15) is 13.2 Å². The zero-order chi connectivity index (χ0) is 20.0. The first-order valence-electron chi connectivity index (χ1n) is 8.33. The summed E-state index contributed by atoms with van der Waals surface area (Å²) < 4.78 is 31.0. The van der Waals surface area contributed by atoms with Gasteiger partial charge in [0.1, 0.15) is 11.8 Å². The molecule has 27 heavy (non-hydrogen) atoms. The Labute approximate surface area is 163 Å². The predicted octanol–water partition coefficient (Wildman–Crippen LogP) is 2.76. The molecule has 1 heterocycles. The van der Waals surface area contributed by atoms with Crippen molar-refractivity contribution in [3.8, 4) is 5.75 Å². The minimum Gasteiger partial charge on any atom is -0.494 e. The summed E-state index contributed by atoms with van der Waals surface area (Å²) >= 11 is 1.50. The molecule has 0 aliphatic carbocycles. The number of carbonyl (C=O) groups excluding carboxylic acids is 1. The summed E-state index contributed by atoms with van der Waals surface area (Å²) in [5.41, 5.74) is 3.84. The molecule has 2 aromatic rings. The van der Waals surface area contributed by atoms with Gasteiger partial charge in [0.15, 0.2) is 0 Å². The molecule has 1 unspecified atom stereocenters. The van der Waals surface area contributed by atoms with E-state index in [4.69, 9.17) is 4.74 Å². The summed E-state index contributed by atoms with van der Waals surface area (Å²) in [6.45, 7) is 5.83. The van der Waals surface area contributed by atoms with Crippen LogP contribution in [0.3, 0.4) is 0 Å². The van der Waals surface area contributed by atoms with Gasteiger partial charge in [0.25, 0.3) is 5.91 Å². The summed E-state index contributed by atoms with van der Waals surface area (Å²) in [6, 6.07) is 7.52. The number of hydrazone groups is 1. The Morgan fingerprint density at radius 3 is 2.52 bits per heavy atom. The van der Waals surface area contributed by atoms with Crippen LogP contribution in [0.15, 0.2) is 40.8 Å². The second kappa shape index (κ2) is 9.01. The summed E-state index contributed by atoms with van der Waals surface area (Å²) in [4.78, 5) is 13.4. The molecule has 0 spiro atoms. The number of ether oxygens (including phenoxy) is 1. The van der Waals surface area contributed by atoms with Gasteiger partial charge in [-0.2, -0.15) is 5.10 Å². The van der Waals surface area contributed by atoms with E-state index in [0.717, 1.165) is 21.0 Å². The van der Waals surface area contributed by atoms with Crippen LogP contribution in [-0.4, -0.2) is 39.4 Å². The molecular weight excluding hydrogens is 386 g/mol. The minimum atomic E-state index is -3.68. The number of hydrogen-bond donors (Lipinski definition) is 1. The van der Waals surface area contributed by atoms with E-state index < -0.39 is 22.0 Å². The Kier molecular flexibility index (Phi) is 6.98. The highest BCUT2D eigenvalue weighted by molar-refractivity contribution is 7.92. The second-order valence-corrected chi connectivity index (χ2v) is 8.67. The molecule has 7 nitrogen and oxygen atoms in total. The first-order chi connectivity index (χ1) is 12.7. The topological polar surface area (TPSA) is 88.1 Å². The first-order valence-corrected chi connectivity index (χ1v) is 11.1. The van der Waals surface area contributed by atoms with Crippen molar-refractivity contribution >= 4 is 39.2 Å². The summed E-state index contributed by atoms with van der Waals surface area (Å²) in [7, 11) is -3.68. The standard InChI is InChI=1S/C18H23N3O4S2/c1-5-25-16-8-6-15(7-9-16)21(27(4,23)24)14(3)18(22)20-19-12-17-13(2)10-11-26-17/h6-12,14H,5H2,1-4H3,(H,20,22). The van der Waals surface area contributed by atoms with E-state index in [1.807, 2.05) is 25.3 Å². The lowest BCUT2D eigenvalue weighted by atomic mass is 10.2. The monoisotopic (exact) mass is 409 g/mol. The van der Waals surface area contributed by atoms with Crippen LogP contribution in [0.5, 0.6) is 5.75 Å². The maximum absolute atomic E-state index is 12.4. The van der Waals surface area contributed by atoms with Crippen LogP contribution < -0.4 is 14.5 Å². The third-order valence-electron chi connectivity index (χ3n) is 3.75. The zero-order valence-electron chi connectivity index (χ0n) is 15.7. The normalized spacial score (nSPS) is 12.7. The number of carbonyl (C=O) groups is 1. The molecule has 1 aromatic heterocycles. The molecule has 9 heteroatoms. The minimum absolute atomic E-state index is 0.377. The van der Waals surface area contributed by atoms with Gasteiger partial charge in [0.05, 0.1) is 24.8 Å². The van der Waals surface area contributed by atoms with E-state index in [2.05, 4.69) is 10.5 Å². The Bertz CT molecular complexity index is 905. The van der Waals surface area contributed by atoms with Crippen molar-refractivity contribution in [2.24, 2.45) is 5.10 Å². The maximum atomic E-state index is 12.4. The van der Waals surface area contributed by atoms with Crippen LogP contribution in [0.1, 0.15) is 24.3 Å². The summed E-state index contributed by atoms with van der Waals surface area (Å²) in [5.74, 6) is 0.0995. The third kappa shape index (κ3) is 5.54. The van der Waals surface area contributed by atoms with Gasteiger partial charge in [0, 0.05) is 4.88 Å². The number of amides is 1. The van der Waals surface area contributed by atoms with E-state index in [1.165, 1.54) is 18.3 Å². The number of thiophene rings is 1. The number of anilines is 1. The van der Waals surface area contributed by atoms with Gasteiger partial charge >= 0.3 is 0 Å². The third-order valence-corrected chi connectivity index (χ3v) is 5.94. The predicted molar refractivity (Wildman–Crippen MR) is 109 cm³/mol. The van der Waals surface area contributed by atoms with Crippen LogP contribution in [0.4, 0.5) is 5.69 Å². The Morgan fingerprint density at radius 1 is 1.33 bits per heavy atom. The number of aryl methyl sites for hydroxylation is 1. The van der Waals surface area contributed by atoms with E-state index in [-0.39, 0.29) is 0 Å². The average molecular weight is 410 g/mol. The summed E-state index contributed by atoms with van der Waals surface area (Å²) in [5, 5.41) is 5.87. The van der Waals surface area contributed by atoms with Crippen LogP contribution in [0.2, 0.25) is 0 Å². The molecule has 0 bridgehead atoms. The number of hydrogen-bond acceptors (Lipinski definition) is 6. The maximum Gasteiger partial charge on any atom is 0.263 e. The fraction of sp³-hybridized carbons (Fsp3) is 0.333. The van der Waals surface area contributed by atoms with Gasteiger partial charge in [-0.05, 0) is 62.0 Å². The van der Waals surface area contributed by atoms with Gasteiger partial charge in [-0.25, -0.2) is 13.8 Å². The van der Waals surface area contributed by atoms with Crippen molar-refractivity contribution in [1.82, 2.24) is 5.43 Å². The first kappa shape index (κ1) is 20.9. The molecule has 0 saturated heterocycles. The molecule has 146 valence electrons. The quantitative estimate of drug-likeness (QED) is 0.536. The highest BCUT2D eigenvalue weighted by Crippen LogP contribution is 2.24. The molecule has 1 atom stereocenters. The Morgan fingerprint density at radius 2 is 2.00 bits per heavy atom. The van der Waals surface area contributed by atoms with Crippen LogP contribution >= 0.6 is 11.3 Å². The second-order valence-electron chi connectivity index (χ2n) is 5.86. The number of rotatable bonds is 8. The Balaban J connectivity index is 2.16. The number of benzene rings is 1. The SMILES string of the molecule is CCOc1ccc(N(C(C)C(=O)NN=Cc2sccc2C)S(C)(=O)=O)cc1. The molecule has 1 N–H and O–H groups in total. The van der Waals surface area contributed by atoms with Gasteiger partial charge in [0.2, 0.25) is 10.0 Å². The average Bonchev–Trinajstić information content (AvgIpc) is 3.00. The van der Waals surface area contributed by atoms with E-state index >= 15 is 0 Å². The van der Waals surface area contributed by atoms with Crippen molar-refractivity contribution < 1.29 is 17.9 Å². The van der Waals surface area contributed by atoms with Crippen molar-refractivity contribution in [3.63, 3.8) is 0 Å². The molecule has 0 saturated carbocycles. The van der Waals surface area contributed by atoms with E-state index in [0.29, 0.717) is 18.0 Å². The summed E-state index contributed by atoms with van der Waals surface area (Å²) in [6.07, 6.45) is 2.61. The molecule has 0 fully saturated rings. The lowest BCUT2D eigenvalue weighted by molar-refractivity contribution is -0.121. The fourth-order valence-corrected chi connectivity index (χ4v) is 4.39. The lowest BCUT2D eigenvalue weighted by Crippen LogP contribution is -2.46. The smallest absolute Gasteiger partial charge is 0.263 e. The van der Waals surface area contributed by atoms with Crippen molar-refractivity contribution in [1.29, 1.82) is 0 Å². The van der Waals surface area contributed by atoms with Crippen molar-refractivity contribution in [2.45, 2.75) is 26.8 Å². The van der Waals surface area contributed by atoms with Gasteiger partial charge in [-0.15, -0.1) is 11.3 Å². The number of nitrogens with zero attached hydrogens (tertiary/aromatic N) is 2. The Hall–Kier alpha value is -2.39. The van der Waals surface area contributed by atoms with Crippen molar-refractivity contribution in [3.05, 3.63) is 46.2 Å². The molecule has 1 aromatic carbocycles. The number of sulfonamides is 1. The molecule has 0 aliphatic rings. The highest BCUT2D eigenvalue weighted by atomic mass is 32.2. The van der Waals surface area contributed by atoms with Gasteiger partial charge in [-0.3, -0.25) is 9.10 Å². The number of nitrogens with one attached hydrogen (secondary N) is 1. The molecule has 2 rings (SSSR count). The molecular formula is C18H23N3O4S2. The van der Waals surface area contributed by atoms with Crippen LogP contribution in [-0.2, 0) is 14.8 Å². The molecule has 1 amide bonds. The zero-order valence-corrected chi connectivity index (χ0v) is 17.3.